The highest BCUT2D eigenvalue weighted by Gasteiger charge is 1.98. The summed E-state index contributed by atoms with van der Waals surface area (Å²) in [5, 5.41) is 9.20. The van der Waals surface area contributed by atoms with E-state index in [2.05, 4.69) is 9.82 Å². The first-order valence-electron chi connectivity index (χ1n) is 3.07. The molecule has 1 heterocycles. The van der Waals surface area contributed by atoms with Gasteiger partial charge in [-0.15, -0.1) is 10.1 Å². The minimum atomic E-state index is -0.872. The Morgan fingerprint density at radius 1 is 1.67 bits per heavy atom. The third kappa shape index (κ3) is 2.71. The minimum absolute atomic E-state index is 0.173. The molecule has 0 aliphatic carbocycles. The van der Waals surface area contributed by atoms with Crippen molar-refractivity contribution in [2.45, 2.75) is 6.61 Å². The van der Waals surface area contributed by atoms with E-state index in [9.17, 15) is 10.1 Å². The Balaban J connectivity index is 2.57. The van der Waals surface area contributed by atoms with Gasteiger partial charge in [0.05, 0.1) is 5.69 Å². The van der Waals surface area contributed by atoms with Crippen molar-refractivity contribution in [3.8, 4) is 0 Å². The first kappa shape index (κ1) is 8.73. The number of halogens is 1. The molecule has 12 heavy (non-hydrogen) atoms. The maximum absolute atomic E-state index is 9.78. The summed E-state index contributed by atoms with van der Waals surface area (Å²) in [6.45, 7) is -0.173. The van der Waals surface area contributed by atoms with Crippen molar-refractivity contribution in [3.05, 3.63) is 39.2 Å². The third-order valence-corrected chi connectivity index (χ3v) is 1.30. The van der Waals surface area contributed by atoms with E-state index >= 15 is 0 Å². The maximum atomic E-state index is 9.78. The highest BCUT2D eigenvalue weighted by atomic mass is 35.5. The van der Waals surface area contributed by atoms with Crippen LogP contribution in [0, 0.1) is 10.1 Å². The van der Waals surface area contributed by atoms with Gasteiger partial charge in [-0.1, -0.05) is 17.7 Å². The molecule has 0 amide bonds. The van der Waals surface area contributed by atoms with Crippen LogP contribution in [0.1, 0.15) is 5.69 Å². The van der Waals surface area contributed by atoms with Crippen LogP contribution >= 0.6 is 11.6 Å². The van der Waals surface area contributed by atoms with Gasteiger partial charge in [-0.25, -0.2) is 4.98 Å². The topological polar surface area (TPSA) is 65.3 Å². The Labute approximate surface area is 73.0 Å². The third-order valence-electron chi connectivity index (χ3n) is 1.09. The zero-order valence-corrected chi connectivity index (χ0v) is 6.69. The van der Waals surface area contributed by atoms with Gasteiger partial charge in [0.25, 0.3) is 5.09 Å². The van der Waals surface area contributed by atoms with E-state index in [0.717, 1.165) is 0 Å². The second kappa shape index (κ2) is 3.87. The van der Waals surface area contributed by atoms with Crippen LogP contribution in [0.4, 0.5) is 0 Å². The molecule has 1 aromatic rings. The quantitative estimate of drug-likeness (QED) is 0.409. The molecule has 0 atom stereocenters. The fourth-order valence-corrected chi connectivity index (χ4v) is 0.831. The molecule has 0 bridgehead atoms. The predicted molar refractivity (Wildman–Crippen MR) is 41.0 cm³/mol. The number of nitrogens with zero attached hydrogens (tertiary/aromatic N) is 2. The van der Waals surface area contributed by atoms with E-state index in [4.69, 9.17) is 11.6 Å². The van der Waals surface area contributed by atoms with Crippen LogP contribution in [0.25, 0.3) is 0 Å². The zero-order valence-electron chi connectivity index (χ0n) is 5.94. The fourth-order valence-electron chi connectivity index (χ4n) is 0.650. The van der Waals surface area contributed by atoms with Crippen molar-refractivity contribution >= 4 is 11.6 Å². The molecule has 0 fully saturated rings. The van der Waals surface area contributed by atoms with Crippen molar-refractivity contribution < 1.29 is 9.92 Å². The Morgan fingerprint density at radius 2 is 2.42 bits per heavy atom. The highest BCUT2D eigenvalue weighted by molar-refractivity contribution is 6.29. The number of rotatable bonds is 3. The molecule has 0 N–H and O–H groups in total. The van der Waals surface area contributed by atoms with E-state index in [0.29, 0.717) is 10.8 Å². The van der Waals surface area contributed by atoms with Gasteiger partial charge in [0, 0.05) is 0 Å². The highest BCUT2D eigenvalue weighted by Crippen LogP contribution is 2.05. The lowest BCUT2D eigenvalue weighted by Gasteiger charge is -1.97. The van der Waals surface area contributed by atoms with Gasteiger partial charge in [0.15, 0.2) is 0 Å². The molecular formula is C6H5ClN2O3. The van der Waals surface area contributed by atoms with Crippen LogP contribution in [-0.2, 0) is 11.4 Å². The maximum Gasteiger partial charge on any atom is 0.294 e. The molecule has 1 aromatic heterocycles. The van der Waals surface area contributed by atoms with Crippen LogP contribution in [-0.4, -0.2) is 10.1 Å². The minimum Gasteiger partial charge on any atom is -0.307 e. The van der Waals surface area contributed by atoms with Gasteiger partial charge in [-0.3, -0.25) is 0 Å². The largest absolute Gasteiger partial charge is 0.307 e. The Hall–Kier alpha value is -1.36. The van der Waals surface area contributed by atoms with E-state index in [-0.39, 0.29) is 6.61 Å². The van der Waals surface area contributed by atoms with Gasteiger partial charge in [-0.2, -0.15) is 0 Å². The molecule has 0 saturated carbocycles. The molecule has 0 radical (unpaired) electrons. The van der Waals surface area contributed by atoms with Gasteiger partial charge >= 0.3 is 0 Å². The molecule has 0 aliphatic rings. The van der Waals surface area contributed by atoms with E-state index < -0.39 is 5.09 Å². The van der Waals surface area contributed by atoms with Crippen LogP contribution in [0.15, 0.2) is 18.2 Å². The summed E-state index contributed by atoms with van der Waals surface area (Å²) < 4.78 is 0. The second-order valence-electron chi connectivity index (χ2n) is 1.95. The summed E-state index contributed by atoms with van der Waals surface area (Å²) in [5.41, 5.74) is 0.430. The average molecular weight is 189 g/mol. The average Bonchev–Trinajstić information content (AvgIpc) is 2.01. The van der Waals surface area contributed by atoms with E-state index in [1.54, 1.807) is 18.2 Å². The molecule has 0 unspecified atom stereocenters. The van der Waals surface area contributed by atoms with E-state index in [1.165, 1.54) is 0 Å². The molecule has 0 aromatic carbocycles. The molecule has 0 spiro atoms. The summed E-state index contributed by atoms with van der Waals surface area (Å²) in [4.78, 5) is 17.6. The summed E-state index contributed by atoms with van der Waals surface area (Å²) >= 11 is 5.52. The summed E-state index contributed by atoms with van der Waals surface area (Å²) in [6, 6.07) is 4.82. The number of hydrogen-bond acceptors (Lipinski definition) is 4. The van der Waals surface area contributed by atoms with Gasteiger partial charge in [-0.05, 0) is 12.1 Å². The standard InChI is InChI=1S/C6H5ClN2O3/c7-6-3-1-2-5(8-6)4-12-9(10)11/h1-3H,4H2. The molecule has 0 saturated heterocycles. The Kier molecular flexibility index (Phi) is 2.82. The van der Waals surface area contributed by atoms with Crippen LogP contribution < -0.4 is 0 Å². The summed E-state index contributed by atoms with van der Waals surface area (Å²) in [5.74, 6) is 0. The lowest BCUT2D eigenvalue weighted by molar-refractivity contribution is -0.763. The predicted octanol–water partition coefficient (Wildman–Crippen LogP) is 1.44. The SMILES string of the molecule is O=[N+]([O-])OCc1cccc(Cl)n1. The Morgan fingerprint density at radius 3 is 3.00 bits per heavy atom. The van der Waals surface area contributed by atoms with Crippen molar-refractivity contribution in [3.63, 3.8) is 0 Å². The smallest absolute Gasteiger partial charge is 0.294 e. The second-order valence-corrected chi connectivity index (χ2v) is 2.34. The normalized spacial score (nSPS) is 9.42. The van der Waals surface area contributed by atoms with Crippen LogP contribution in [0.3, 0.4) is 0 Å². The molecule has 64 valence electrons. The van der Waals surface area contributed by atoms with Gasteiger partial charge < -0.3 is 4.84 Å². The van der Waals surface area contributed by atoms with Crippen molar-refractivity contribution in [2.75, 3.05) is 0 Å². The summed E-state index contributed by atoms with van der Waals surface area (Å²) in [7, 11) is 0. The lowest BCUT2D eigenvalue weighted by atomic mass is 10.4. The van der Waals surface area contributed by atoms with Crippen molar-refractivity contribution in [2.24, 2.45) is 0 Å². The zero-order chi connectivity index (χ0) is 8.97. The van der Waals surface area contributed by atoms with Crippen molar-refractivity contribution in [1.82, 2.24) is 4.98 Å². The first-order valence-corrected chi connectivity index (χ1v) is 3.45. The van der Waals surface area contributed by atoms with Crippen LogP contribution in [0.2, 0.25) is 5.15 Å². The van der Waals surface area contributed by atoms with Crippen LogP contribution in [0.5, 0.6) is 0 Å². The molecular weight excluding hydrogens is 184 g/mol. The number of aromatic nitrogens is 1. The van der Waals surface area contributed by atoms with Gasteiger partial charge in [0.1, 0.15) is 11.8 Å². The monoisotopic (exact) mass is 188 g/mol. The number of pyridine rings is 1. The molecule has 6 heteroatoms. The first-order chi connectivity index (χ1) is 5.68. The fraction of sp³-hybridized carbons (Fsp3) is 0.167. The Bertz CT molecular complexity index is 292. The molecule has 0 aliphatic heterocycles. The lowest BCUT2D eigenvalue weighted by Crippen LogP contribution is -2.01. The number of hydrogen-bond donors (Lipinski definition) is 0. The van der Waals surface area contributed by atoms with Gasteiger partial charge in [0.2, 0.25) is 0 Å². The van der Waals surface area contributed by atoms with E-state index in [1.807, 2.05) is 0 Å². The van der Waals surface area contributed by atoms with Crippen molar-refractivity contribution in [1.29, 1.82) is 0 Å². The summed E-state index contributed by atoms with van der Waals surface area (Å²) in [6.07, 6.45) is 0. The molecule has 5 nitrogen and oxygen atoms in total. The molecule has 1 rings (SSSR count).